The molecule has 1 spiro atoms. The molecule has 0 unspecified atom stereocenters. The number of fused-ring (bicyclic) bond motifs is 10. The molecule has 10 rings (SSSR count). The largest absolute Gasteiger partial charge is 0.310 e. The summed E-state index contributed by atoms with van der Waals surface area (Å²) in [5.41, 5.74) is 19.8. The number of aryl methyl sites for hydroxylation is 1. The van der Waals surface area contributed by atoms with Gasteiger partial charge in [0.2, 0.25) is 0 Å². The molecular weight excluding hydrogens is 615 g/mol. The fraction of sp³-hybridized carbons (Fsp3) is 0.0400. The van der Waals surface area contributed by atoms with Gasteiger partial charge in [-0.15, -0.1) is 0 Å². The summed E-state index contributed by atoms with van der Waals surface area (Å²) in [5, 5.41) is 0. The molecular formula is C50H35N. The molecule has 8 aromatic rings. The molecule has 0 bridgehead atoms. The summed E-state index contributed by atoms with van der Waals surface area (Å²) in [6.07, 6.45) is 0. The van der Waals surface area contributed by atoms with Gasteiger partial charge in [-0.25, -0.2) is 0 Å². The van der Waals surface area contributed by atoms with E-state index >= 15 is 0 Å². The van der Waals surface area contributed by atoms with Crippen LogP contribution in [0.5, 0.6) is 0 Å². The van der Waals surface area contributed by atoms with Crippen molar-refractivity contribution in [2.75, 3.05) is 4.90 Å². The van der Waals surface area contributed by atoms with Crippen LogP contribution in [-0.2, 0) is 5.41 Å². The minimum atomic E-state index is -0.404. The third-order valence-electron chi connectivity index (χ3n) is 11.0. The SMILES string of the molecule is Cc1cc(-c2ccccc2)ccc1N(c1cccc(-c2ccccc2)c1)c1ccc2c(c1)C1(c3ccccc3-c3ccccc31)c1ccccc1-2. The van der Waals surface area contributed by atoms with Crippen molar-refractivity contribution in [3.8, 4) is 44.5 Å². The molecule has 240 valence electrons. The Bertz CT molecular complexity index is 2530. The topological polar surface area (TPSA) is 3.24 Å². The van der Waals surface area contributed by atoms with E-state index in [0.717, 1.165) is 17.1 Å². The molecule has 0 N–H and O–H groups in total. The van der Waals surface area contributed by atoms with Crippen molar-refractivity contribution < 1.29 is 0 Å². The Balaban J connectivity index is 1.22. The van der Waals surface area contributed by atoms with Crippen molar-refractivity contribution in [1.29, 1.82) is 0 Å². The zero-order valence-corrected chi connectivity index (χ0v) is 28.4. The van der Waals surface area contributed by atoms with Crippen molar-refractivity contribution in [3.63, 3.8) is 0 Å². The Hall–Kier alpha value is -6.44. The molecule has 0 heterocycles. The minimum absolute atomic E-state index is 0.404. The predicted octanol–water partition coefficient (Wildman–Crippen LogP) is 13.1. The number of hydrogen-bond acceptors (Lipinski definition) is 1. The van der Waals surface area contributed by atoms with Gasteiger partial charge in [-0.3, -0.25) is 0 Å². The van der Waals surface area contributed by atoms with E-state index in [1.807, 2.05) is 0 Å². The Kier molecular flexibility index (Phi) is 6.69. The Morgan fingerprint density at radius 3 is 1.37 bits per heavy atom. The lowest BCUT2D eigenvalue weighted by atomic mass is 9.70. The maximum atomic E-state index is 2.48. The first kappa shape index (κ1) is 29.5. The average Bonchev–Trinajstić information content (AvgIpc) is 3.67. The highest BCUT2D eigenvalue weighted by atomic mass is 15.1. The van der Waals surface area contributed by atoms with Crippen molar-refractivity contribution in [1.82, 2.24) is 0 Å². The molecule has 1 nitrogen and oxygen atoms in total. The maximum Gasteiger partial charge on any atom is 0.0726 e. The van der Waals surface area contributed by atoms with Crippen molar-refractivity contribution in [2.45, 2.75) is 12.3 Å². The van der Waals surface area contributed by atoms with Gasteiger partial charge in [0.1, 0.15) is 0 Å². The molecule has 0 radical (unpaired) electrons. The maximum absolute atomic E-state index is 2.48. The lowest BCUT2D eigenvalue weighted by Gasteiger charge is -2.32. The second-order valence-corrected chi connectivity index (χ2v) is 13.7. The summed E-state index contributed by atoms with van der Waals surface area (Å²) in [4.78, 5) is 2.46. The van der Waals surface area contributed by atoms with E-state index in [0.29, 0.717) is 0 Å². The molecule has 0 aliphatic heterocycles. The third-order valence-corrected chi connectivity index (χ3v) is 11.0. The smallest absolute Gasteiger partial charge is 0.0726 e. The van der Waals surface area contributed by atoms with Crippen molar-refractivity contribution in [2.24, 2.45) is 0 Å². The first-order chi connectivity index (χ1) is 25.2. The van der Waals surface area contributed by atoms with Gasteiger partial charge in [0, 0.05) is 17.1 Å². The predicted molar refractivity (Wildman–Crippen MR) is 213 cm³/mol. The van der Waals surface area contributed by atoms with E-state index in [-0.39, 0.29) is 0 Å². The number of rotatable bonds is 5. The second-order valence-electron chi connectivity index (χ2n) is 13.7. The first-order valence-electron chi connectivity index (χ1n) is 17.8. The highest BCUT2D eigenvalue weighted by molar-refractivity contribution is 5.96. The van der Waals surface area contributed by atoms with Crippen LogP contribution in [-0.4, -0.2) is 0 Å². The summed E-state index contributed by atoms with van der Waals surface area (Å²) in [5.74, 6) is 0. The fourth-order valence-electron chi connectivity index (χ4n) is 8.82. The van der Waals surface area contributed by atoms with Crippen LogP contribution in [0, 0.1) is 6.92 Å². The van der Waals surface area contributed by atoms with Crippen LogP contribution in [0.3, 0.4) is 0 Å². The molecule has 2 aliphatic carbocycles. The molecule has 1 heteroatoms. The first-order valence-corrected chi connectivity index (χ1v) is 17.8. The minimum Gasteiger partial charge on any atom is -0.310 e. The van der Waals surface area contributed by atoms with Crippen LogP contribution in [0.2, 0.25) is 0 Å². The van der Waals surface area contributed by atoms with Crippen LogP contribution in [0.15, 0.2) is 194 Å². The second kappa shape index (κ2) is 11.6. The monoisotopic (exact) mass is 649 g/mol. The van der Waals surface area contributed by atoms with Crippen LogP contribution >= 0.6 is 0 Å². The zero-order chi connectivity index (χ0) is 33.9. The molecule has 0 saturated heterocycles. The summed E-state index contributed by atoms with van der Waals surface area (Å²) < 4.78 is 0. The number of anilines is 3. The van der Waals surface area contributed by atoms with E-state index in [2.05, 4.69) is 206 Å². The van der Waals surface area contributed by atoms with Gasteiger partial charge < -0.3 is 4.90 Å². The van der Waals surface area contributed by atoms with Gasteiger partial charge in [0.15, 0.2) is 0 Å². The van der Waals surface area contributed by atoms with E-state index in [1.165, 1.54) is 72.3 Å². The van der Waals surface area contributed by atoms with Gasteiger partial charge >= 0.3 is 0 Å². The van der Waals surface area contributed by atoms with Gasteiger partial charge in [0.05, 0.1) is 5.41 Å². The van der Waals surface area contributed by atoms with Crippen LogP contribution in [0.4, 0.5) is 17.1 Å². The molecule has 51 heavy (non-hydrogen) atoms. The standard InChI is InChI=1S/C50H35N/c1-34-31-38(36-17-6-3-7-18-36)27-30-49(34)51(39-20-14-19-37(32-39)35-15-4-2-5-16-35)40-28-29-44-43-23-10-13-26-47(43)50(48(44)33-40)45-24-11-8-21-41(45)42-22-9-12-25-46(42)50/h2-33H,1H3. The molecule has 0 aromatic heterocycles. The Labute approximate surface area is 299 Å². The van der Waals surface area contributed by atoms with Crippen LogP contribution in [0.1, 0.15) is 27.8 Å². The highest BCUT2D eigenvalue weighted by Crippen LogP contribution is 2.63. The molecule has 0 amide bonds. The summed E-state index contributed by atoms with van der Waals surface area (Å²) >= 11 is 0. The summed E-state index contributed by atoms with van der Waals surface area (Å²) in [7, 11) is 0. The molecule has 0 saturated carbocycles. The Morgan fingerprint density at radius 2 is 0.804 bits per heavy atom. The van der Waals surface area contributed by atoms with E-state index in [9.17, 15) is 0 Å². The molecule has 0 fully saturated rings. The summed E-state index contributed by atoms with van der Waals surface area (Å²) in [6, 6.07) is 71.5. The van der Waals surface area contributed by atoms with E-state index in [4.69, 9.17) is 0 Å². The number of hydrogen-bond donors (Lipinski definition) is 0. The van der Waals surface area contributed by atoms with Gasteiger partial charge in [0.25, 0.3) is 0 Å². The van der Waals surface area contributed by atoms with Crippen LogP contribution in [0.25, 0.3) is 44.5 Å². The van der Waals surface area contributed by atoms with E-state index in [1.54, 1.807) is 0 Å². The summed E-state index contributed by atoms with van der Waals surface area (Å²) in [6.45, 7) is 2.24. The van der Waals surface area contributed by atoms with E-state index < -0.39 is 5.41 Å². The third kappa shape index (κ3) is 4.41. The molecule has 0 atom stereocenters. The lowest BCUT2D eigenvalue weighted by molar-refractivity contribution is 0.793. The van der Waals surface area contributed by atoms with Crippen LogP contribution < -0.4 is 4.90 Å². The van der Waals surface area contributed by atoms with Crippen molar-refractivity contribution >= 4 is 17.1 Å². The van der Waals surface area contributed by atoms with Gasteiger partial charge in [-0.1, -0.05) is 158 Å². The quantitative estimate of drug-likeness (QED) is 0.179. The van der Waals surface area contributed by atoms with Gasteiger partial charge in [-0.05, 0) is 116 Å². The van der Waals surface area contributed by atoms with Gasteiger partial charge in [-0.2, -0.15) is 0 Å². The van der Waals surface area contributed by atoms with Crippen molar-refractivity contribution in [3.05, 3.63) is 222 Å². The average molecular weight is 650 g/mol. The highest BCUT2D eigenvalue weighted by Gasteiger charge is 2.51. The Morgan fingerprint density at radius 1 is 0.333 bits per heavy atom. The number of benzene rings is 8. The zero-order valence-electron chi connectivity index (χ0n) is 28.4. The normalized spacial score (nSPS) is 13.0. The lowest BCUT2D eigenvalue weighted by Crippen LogP contribution is -2.26. The molecule has 8 aromatic carbocycles. The number of nitrogens with zero attached hydrogens (tertiary/aromatic N) is 1. The fourth-order valence-corrected chi connectivity index (χ4v) is 8.82. The molecule has 2 aliphatic rings.